The molecule has 3 aromatic rings. The van der Waals surface area contributed by atoms with Gasteiger partial charge in [-0.15, -0.1) is 11.3 Å². The van der Waals surface area contributed by atoms with Gasteiger partial charge in [-0.25, -0.2) is 4.98 Å². The number of hydrogen-bond acceptors (Lipinski definition) is 6. The van der Waals surface area contributed by atoms with Crippen LogP contribution in [0.3, 0.4) is 0 Å². The molecular formula is C21H23N3O2S. The van der Waals surface area contributed by atoms with Gasteiger partial charge in [0.15, 0.2) is 0 Å². The lowest BCUT2D eigenvalue weighted by Gasteiger charge is -2.32. The standard InChI is InChI=1S/C21H23N3O2S/c1-2-5-18(6-3-1)26-14-20-24-17(15-27-20)13-23-19-7-4-12-25-21(19)16-8-10-22-11-9-16/h1-3,5-6,8-11,15,19,21,23H,4,7,12-14H2/t19-,21+/m0/s1. The molecule has 27 heavy (non-hydrogen) atoms. The molecule has 6 heteroatoms. The van der Waals surface area contributed by atoms with E-state index in [0.29, 0.717) is 6.61 Å². The highest BCUT2D eigenvalue weighted by molar-refractivity contribution is 7.09. The molecule has 1 saturated heterocycles. The minimum absolute atomic E-state index is 0.0706. The summed E-state index contributed by atoms with van der Waals surface area (Å²) in [5.74, 6) is 0.868. The van der Waals surface area contributed by atoms with Gasteiger partial charge in [-0.05, 0) is 42.7 Å². The molecule has 0 spiro atoms. The molecule has 1 fully saturated rings. The molecule has 0 saturated carbocycles. The van der Waals surface area contributed by atoms with Crippen LogP contribution in [0.4, 0.5) is 0 Å². The fourth-order valence-corrected chi connectivity index (χ4v) is 3.97. The summed E-state index contributed by atoms with van der Waals surface area (Å²) in [6.45, 7) is 2.04. The highest BCUT2D eigenvalue weighted by atomic mass is 32.1. The zero-order valence-corrected chi connectivity index (χ0v) is 15.9. The number of benzene rings is 1. The van der Waals surface area contributed by atoms with Crippen LogP contribution >= 0.6 is 11.3 Å². The molecule has 140 valence electrons. The van der Waals surface area contributed by atoms with Crippen LogP contribution in [0.25, 0.3) is 0 Å². The van der Waals surface area contributed by atoms with E-state index in [9.17, 15) is 0 Å². The van der Waals surface area contributed by atoms with Crippen LogP contribution in [-0.2, 0) is 17.9 Å². The Labute approximate surface area is 163 Å². The van der Waals surface area contributed by atoms with E-state index >= 15 is 0 Å². The molecule has 0 amide bonds. The fourth-order valence-electron chi connectivity index (χ4n) is 3.27. The molecule has 1 aliphatic heterocycles. The Bertz CT molecular complexity index is 826. The monoisotopic (exact) mass is 381 g/mol. The summed E-state index contributed by atoms with van der Waals surface area (Å²) >= 11 is 1.64. The number of nitrogens with zero attached hydrogens (tertiary/aromatic N) is 2. The van der Waals surface area contributed by atoms with Crippen molar-refractivity contribution in [3.63, 3.8) is 0 Å². The maximum atomic E-state index is 6.03. The minimum Gasteiger partial charge on any atom is -0.486 e. The topological polar surface area (TPSA) is 56.3 Å². The molecule has 4 rings (SSSR count). The molecule has 1 aromatic carbocycles. The third-order valence-electron chi connectivity index (χ3n) is 4.61. The van der Waals surface area contributed by atoms with Crippen molar-refractivity contribution in [2.75, 3.05) is 6.61 Å². The first-order valence-electron chi connectivity index (χ1n) is 9.24. The van der Waals surface area contributed by atoms with Crippen molar-refractivity contribution in [2.24, 2.45) is 0 Å². The van der Waals surface area contributed by atoms with Gasteiger partial charge in [0.2, 0.25) is 0 Å². The van der Waals surface area contributed by atoms with Crippen molar-refractivity contribution < 1.29 is 9.47 Å². The molecule has 0 radical (unpaired) electrons. The maximum absolute atomic E-state index is 6.03. The fraction of sp³-hybridized carbons (Fsp3) is 0.333. The van der Waals surface area contributed by atoms with Crippen LogP contribution in [0.5, 0.6) is 5.75 Å². The number of para-hydroxylation sites is 1. The number of aromatic nitrogens is 2. The van der Waals surface area contributed by atoms with E-state index in [2.05, 4.69) is 20.7 Å². The van der Waals surface area contributed by atoms with E-state index in [1.807, 2.05) is 54.9 Å². The van der Waals surface area contributed by atoms with E-state index in [-0.39, 0.29) is 12.1 Å². The number of nitrogens with one attached hydrogen (secondary N) is 1. The summed E-state index contributed by atoms with van der Waals surface area (Å²) in [6, 6.07) is 14.2. The SMILES string of the molecule is c1ccc(OCc2nc(CN[C@H]3CCCO[C@@H]3c3ccncc3)cs2)cc1. The normalized spacial score (nSPS) is 19.7. The summed E-state index contributed by atoms with van der Waals surface area (Å²) < 4.78 is 11.8. The average Bonchev–Trinajstić information content (AvgIpc) is 3.20. The second-order valence-corrected chi connectivity index (χ2v) is 7.48. The zero-order valence-electron chi connectivity index (χ0n) is 15.1. The Morgan fingerprint density at radius 3 is 2.85 bits per heavy atom. The van der Waals surface area contributed by atoms with Gasteiger partial charge in [0.25, 0.3) is 0 Å². The first kappa shape index (κ1) is 18.1. The Balaban J connectivity index is 1.32. The lowest BCUT2D eigenvalue weighted by molar-refractivity contribution is -0.0113. The van der Waals surface area contributed by atoms with Crippen molar-refractivity contribution in [1.29, 1.82) is 0 Å². The summed E-state index contributed by atoms with van der Waals surface area (Å²) in [4.78, 5) is 8.79. The lowest BCUT2D eigenvalue weighted by atomic mass is 9.96. The minimum atomic E-state index is 0.0706. The third kappa shape index (κ3) is 4.91. The van der Waals surface area contributed by atoms with Gasteiger partial charge >= 0.3 is 0 Å². The Morgan fingerprint density at radius 1 is 1.15 bits per heavy atom. The summed E-state index contributed by atoms with van der Waals surface area (Å²) in [6.07, 6.45) is 5.89. The highest BCUT2D eigenvalue weighted by Crippen LogP contribution is 2.28. The maximum Gasteiger partial charge on any atom is 0.140 e. The summed E-state index contributed by atoms with van der Waals surface area (Å²) in [5, 5.41) is 6.72. The van der Waals surface area contributed by atoms with Gasteiger partial charge in [-0.1, -0.05) is 18.2 Å². The number of hydrogen-bond donors (Lipinski definition) is 1. The van der Waals surface area contributed by atoms with Gasteiger partial charge in [0.1, 0.15) is 17.4 Å². The zero-order chi connectivity index (χ0) is 18.3. The van der Waals surface area contributed by atoms with E-state index in [1.165, 1.54) is 5.56 Å². The smallest absolute Gasteiger partial charge is 0.140 e. The molecule has 3 heterocycles. The van der Waals surface area contributed by atoms with Crippen LogP contribution in [0.1, 0.15) is 35.2 Å². The molecule has 5 nitrogen and oxygen atoms in total. The molecule has 2 aromatic heterocycles. The Kier molecular flexibility index (Phi) is 6.09. The number of ether oxygens (including phenoxy) is 2. The van der Waals surface area contributed by atoms with Gasteiger partial charge in [-0.3, -0.25) is 4.98 Å². The van der Waals surface area contributed by atoms with Crippen LogP contribution in [-0.4, -0.2) is 22.6 Å². The Morgan fingerprint density at radius 2 is 2.00 bits per heavy atom. The van der Waals surface area contributed by atoms with Crippen LogP contribution in [0.15, 0.2) is 60.2 Å². The van der Waals surface area contributed by atoms with E-state index < -0.39 is 0 Å². The van der Waals surface area contributed by atoms with Crippen LogP contribution < -0.4 is 10.1 Å². The number of thiazole rings is 1. The Hall–Kier alpha value is -2.28. The number of rotatable bonds is 7. The average molecular weight is 382 g/mol. The van der Waals surface area contributed by atoms with E-state index in [0.717, 1.165) is 42.4 Å². The number of pyridine rings is 1. The summed E-state index contributed by atoms with van der Waals surface area (Å²) in [7, 11) is 0. The lowest BCUT2D eigenvalue weighted by Crippen LogP contribution is -2.39. The van der Waals surface area contributed by atoms with Crippen molar-refractivity contribution in [2.45, 2.75) is 38.1 Å². The van der Waals surface area contributed by atoms with Crippen LogP contribution in [0.2, 0.25) is 0 Å². The van der Waals surface area contributed by atoms with Crippen molar-refractivity contribution >= 4 is 11.3 Å². The predicted molar refractivity (Wildman–Crippen MR) is 106 cm³/mol. The first-order chi connectivity index (χ1) is 13.4. The highest BCUT2D eigenvalue weighted by Gasteiger charge is 2.27. The van der Waals surface area contributed by atoms with Crippen molar-refractivity contribution in [1.82, 2.24) is 15.3 Å². The van der Waals surface area contributed by atoms with Crippen molar-refractivity contribution in [3.05, 3.63) is 76.5 Å². The van der Waals surface area contributed by atoms with E-state index in [1.54, 1.807) is 11.3 Å². The molecule has 0 unspecified atom stereocenters. The third-order valence-corrected chi connectivity index (χ3v) is 5.48. The van der Waals surface area contributed by atoms with Gasteiger partial charge < -0.3 is 14.8 Å². The molecule has 1 N–H and O–H groups in total. The van der Waals surface area contributed by atoms with Crippen LogP contribution in [0, 0.1) is 0 Å². The summed E-state index contributed by atoms with van der Waals surface area (Å²) in [5.41, 5.74) is 2.23. The molecular weight excluding hydrogens is 358 g/mol. The van der Waals surface area contributed by atoms with Gasteiger partial charge in [-0.2, -0.15) is 0 Å². The van der Waals surface area contributed by atoms with Gasteiger partial charge in [0, 0.05) is 37.0 Å². The first-order valence-corrected chi connectivity index (χ1v) is 10.1. The quantitative estimate of drug-likeness (QED) is 0.667. The molecule has 2 atom stereocenters. The largest absolute Gasteiger partial charge is 0.486 e. The second kappa shape index (κ2) is 9.08. The van der Waals surface area contributed by atoms with E-state index in [4.69, 9.17) is 9.47 Å². The second-order valence-electron chi connectivity index (χ2n) is 6.54. The molecule has 1 aliphatic rings. The van der Waals surface area contributed by atoms with Crippen molar-refractivity contribution in [3.8, 4) is 5.75 Å². The molecule has 0 aliphatic carbocycles. The molecule has 0 bridgehead atoms. The van der Waals surface area contributed by atoms with Gasteiger partial charge in [0.05, 0.1) is 11.8 Å². The predicted octanol–water partition coefficient (Wildman–Crippen LogP) is 4.13.